The average molecular weight is 230 g/mol. The molecule has 0 amide bonds. The zero-order valence-corrected chi connectivity index (χ0v) is 12.1. The fourth-order valence-corrected chi connectivity index (χ4v) is 1.83. The summed E-state index contributed by atoms with van der Waals surface area (Å²) in [6.45, 7) is 8.65. The molecule has 0 aromatic heterocycles. The predicted octanol–water partition coefficient (Wildman–Crippen LogP) is 2.25. The van der Waals surface area contributed by atoms with Gasteiger partial charge < -0.3 is 15.4 Å². The van der Waals surface area contributed by atoms with Crippen molar-refractivity contribution in [1.82, 2.24) is 4.90 Å². The molecule has 16 heavy (non-hydrogen) atoms. The van der Waals surface area contributed by atoms with E-state index in [1.807, 2.05) is 0 Å². The highest BCUT2D eigenvalue weighted by atomic mass is 16.5. The van der Waals surface area contributed by atoms with Crippen molar-refractivity contribution in [3.05, 3.63) is 0 Å². The number of ether oxygens (including phenoxy) is 1. The molecule has 0 saturated heterocycles. The highest BCUT2D eigenvalue weighted by Gasteiger charge is 2.33. The van der Waals surface area contributed by atoms with Crippen molar-refractivity contribution in [3.8, 4) is 0 Å². The van der Waals surface area contributed by atoms with Gasteiger partial charge in [-0.1, -0.05) is 6.92 Å². The smallest absolute Gasteiger partial charge is 0.0623 e. The molecular weight excluding hydrogens is 200 g/mol. The van der Waals surface area contributed by atoms with E-state index in [1.54, 1.807) is 7.11 Å². The number of nitrogens with zero attached hydrogens (tertiary/aromatic N) is 1. The topological polar surface area (TPSA) is 38.5 Å². The van der Waals surface area contributed by atoms with E-state index in [4.69, 9.17) is 10.5 Å². The second kappa shape index (κ2) is 5.99. The van der Waals surface area contributed by atoms with E-state index < -0.39 is 0 Å². The van der Waals surface area contributed by atoms with Crippen LogP contribution in [0.5, 0.6) is 0 Å². The van der Waals surface area contributed by atoms with Gasteiger partial charge in [0, 0.05) is 18.7 Å². The van der Waals surface area contributed by atoms with Gasteiger partial charge in [0.25, 0.3) is 0 Å². The van der Waals surface area contributed by atoms with Gasteiger partial charge in [0.2, 0.25) is 0 Å². The van der Waals surface area contributed by atoms with Crippen LogP contribution in [-0.4, -0.2) is 43.3 Å². The Balaban J connectivity index is 4.39. The first-order chi connectivity index (χ1) is 7.19. The fourth-order valence-electron chi connectivity index (χ4n) is 1.83. The molecule has 2 atom stereocenters. The van der Waals surface area contributed by atoms with Crippen LogP contribution in [0, 0.1) is 0 Å². The Kier molecular flexibility index (Phi) is 5.94. The van der Waals surface area contributed by atoms with Gasteiger partial charge in [-0.25, -0.2) is 0 Å². The molecule has 3 heteroatoms. The van der Waals surface area contributed by atoms with Gasteiger partial charge in [0.05, 0.1) is 5.60 Å². The minimum absolute atomic E-state index is 0.0708. The molecule has 0 radical (unpaired) electrons. The number of likely N-dealkylation sites (N-methyl/N-ethyl adjacent to an activating group) is 1. The van der Waals surface area contributed by atoms with E-state index in [9.17, 15) is 0 Å². The molecule has 0 heterocycles. The monoisotopic (exact) mass is 230 g/mol. The Hall–Kier alpha value is -0.120. The Morgan fingerprint density at radius 3 is 2.06 bits per heavy atom. The molecule has 3 nitrogen and oxygen atoms in total. The Morgan fingerprint density at radius 1 is 1.25 bits per heavy atom. The maximum atomic E-state index is 6.33. The van der Waals surface area contributed by atoms with E-state index in [2.05, 4.69) is 46.7 Å². The highest BCUT2D eigenvalue weighted by molar-refractivity contribution is 4.93. The summed E-state index contributed by atoms with van der Waals surface area (Å²) >= 11 is 0. The zero-order valence-electron chi connectivity index (χ0n) is 12.1. The van der Waals surface area contributed by atoms with Crippen LogP contribution in [-0.2, 0) is 4.74 Å². The molecule has 0 saturated carbocycles. The molecule has 0 fully saturated rings. The molecule has 0 aromatic rings. The van der Waals surface area contributed by atoms with Gasteiger partial charge >= 0.3 is 0 Å². The van der Waals surface area contributed by atoms with E-state index >= 15 is 0 Å². The van der Waals surface area contributed by atoms with Gasteiger partial charge in [-0.05, 0) is 54.1 Å². The Labute approximate surface area is 101 Å². The van der Waals surface area contributed by atoms with E-state index in [0.29, 0.717) is 0 Å². The SMILES string of the molecule is CCC(C)(C(N)CCC(C)(C)OC)N(C)C. The van der Waals surface area contributed by atoms with Crippen molar-refractivity contribution in [2.24, 2.45) is 5.73 Å². The van der Waals surface area contributed by atoms with Gasteiger partial charge in [-0.2, -0.15) is 0 Å². The lowest BCUT2D eigenvalue weighted by Gasteiger charge is -2.41. The number of hydrogen-bond donors (Lipinski definition) is 1. The molecule has 0 aliphatic rings. The van der Waals surface area contributed by atoms with Gasteiger partial charge in [0.1, 0.15) is 0 Å². The van der Waals surface area contributed by atoms with Crippen molar-refractivity contribution in [1.29, 1.82) is 0 Å². The molecule has 0 aliphatic carbocycles. The molecule has 2 N–H and O–H groups in total. The Morgan fingerprint density at radius 2 is 1.75 bits per heavy atom. The maximum Gasteiger partial charge on any atom is 0.0623 e. The molecule has 0 rings (SSSR count). The summed E-state index contributed by atoms with van der Waals surface area (Å²) < 4.78 is 5.43. The van der Waals surface area contributed by atoms with E-state index in [0.717, 1.165) is 19.3 Å². The molecule has 0 bridgehead atoms. The highest BCUT2D eigenvalue weighted by Crippen LogP contribution is 2.25. The first-order valence-corrected chi connectivity index (χ1v) is 6.17. The minimum atomic E-state index is -0.0708. The van der Waals surface area contributed by atoms with Crippen LogP contribution in [0.4, 0.5) is 0 Å². The number of hydrogen-bond acceptors (Lipinski definition) is 3. The fraction of sp³-hybridized carbons (Fsp3) is 1.00. The Bertz CT molecular complexity index is 204. The minimum Gasteiger partial charge on any atom is -0.379 e. The van der Waals surface area contributed by atoms with Crippen LogP contribution in [0.1, 0.15) is 47.0 Å². The molecule has 0 aliphatic heterocycles. The summed E-state index contributed by atoms with van der Waals surface area (Å²) in [5.74, 6) is 0. The molecule has 98 valence electrons. The number of methoxy groups -OCH3 is 1. The van der Waals surface area contributed by atoms with Crippen LogP contribution in [0.3, 0.4) is 0 Å². The molecule has 0 spiro atoms. The first kappa shape index (κ1) is 15.9. The van der Waals surface area contributed by atoms with Crippen molar-refractivity contribution >= 4 is 0 Å². The summed E-state index contributed by atoms with van der Waals surface area (Å²) in [6, 6.07) is 0.182. The van der Waals surface area contributed by atoms with Crippen molar-refractivity contribution < 1.29 is 4.74 Å². The maximum absolute atomic E-state index is 6.33. The van der Waals surface area contributed by atoms with Crippen molar-refractivity contribution in [2.45, 2.75) is 64.1 Å². The average Bonchev–Trinajstić information content (AvgIpc) is 2.24. The summed E-state index contributed by atoms with van der Waals surface area (Å²) in [5, 5.41) is 0. The zero-order chi connectivity index (χ0) is 13.0. The van der Waals surface area contributed by atoms with Crippen LogP contribution < -0.4 is 5.73 Å². The largest absolute Gasteiger partial charge is 0.379 e. The summed E-state index contributed by atoms with van der Waals surface area (Å²) in [5.41, 5.74) is 6.33. The third kappa shape index (κ3) is 4.04. The first-order valence-electron chi connectivity index (χ1n) is 6.17. The van der Waals surface area contributed by atoms with Crippen LogP contribution >= 0.6 is 0 Å². The van der Waals surface area contributed by atoms with Crippen LogP contribution in [0.2, 0.25) is 0 Å². The van der Waals surface area contributed by atoms with Gasteiger partial charge in [-0.15, -0.1) is 0 Å². The number of rotatable bonds is 7. The lowest BCUT2D eigenvalue weighted by atomic mass is 9.84. The molecular formula is C13H30N2O. The van der Waals surface area contributed by atoms with Crippen molar-refractivity contribution in [3.63, 3.8) is 0 Å². The summed E-state index contributed by atoms with van der Waals surface area (Å²) in [7, 11) is 5.96. The second-order valence-electron chi connectivity index (χ2n) is 5.71. The predicted molar refractivity (Wildman–Crippen MR) is 70.7 cm³/mol. The van der Waals surface area contributed by atoms with Crippen LogP contribution in [0.15, 0.2) is 0 Å². The quantitative estimate of drug-likeness (QED) is 0.729. The summed E-state index contributed by atoms with van der Waals surface area (Å²) in [4.78, 5) is 2.23. The summed E-state index contributed by atoms with van der Waals surface area (Å²) in [6.07, 6.45) is 3.05. The molecule has 2 unspecified atom stereocenters. The number of nitrogens with two attached hydrogens (primary N) is 1. The molecule has 0 aromatic carbocycles. The third-order valence-electron chi connectivity index (χ3n) is 4.15. The van der Waals surface area contributed by atoms with E-state index in [-0.39, 0.29) is 17.2 Å². The third-order valence-corrected chi connectivity index (χ3v) is 4.15. The van der Waals surface area contributed by atoms with Gasteiger partial charge in [-0.3, -0.25) is 0 Å². The standard InChI is InChI=1S/C13H30N2O/c1-8-13(4,15(5)6)11(14)9-10-12(2,3)16-7/h11H,8-10,14H2,1-7H3. The lowest BCUT2D eigenvalue weighted by Crippen LogP contribution is -2.55. The lowest BCUT2D eigenvalue weighted by molar-refractivity contribution is 0.00699. The van der Waals surface area contributed by atoms with E-state index in [1.165, 1.54) is 0 Å². The van der Waals surface area contributed by atoms with Gasteiger partial charge in [0.15, 0.2) is 0 Å². The van der Waals surface area contributed by atoms with Crippen molar-refractivity contribution in [2.75, 3.05) is 21.2 Å². The van der Waals surface area contributed by atoms with Crippen LogP contribution in [0.25, 0.3) is 0 Å². The normalized spacial score (nSPS) is 18.6. The second-order valence-corrected chi connectivity index (χ2v) is 5.71.